The van der Waals surface area contributed by atoms with Crippen molar-refractivity contribution < 1.29 is 9.59 Å². The molecule has 2 aromatic rings. The number of hydrogen-bond acceptors (Lipinski definition) is 5. The molecule has 2 amide bonds. The maximum atomic E-state index is 12.8. The van der Waals surface area contributed by atoms with E-state index in [2.05, 4.69) is 10.2 Å². The predicted octanol–water partition coefficient (Wildman–Crippen LogP) is 0.331. The number of carbonyl (C=O) groups excluding carboxylic acids is 2. The summed E-state index contributed by atoms with van der Waals surface area (Å²) < 4.78 is 2.83. The van der Waals surface area contributed by atoms with Crippen LogP contribution in [0.15, 0.2) is 23.0 Å². The summed E-state index contributed by atoms with van der Waals surface area (Å²) in [6.07, 6.45) is 1.09. The third-order valence-corrected chi connectivity index (χ3v) is 4.97. The summed E-state index contributed by atoms with van der Waals surface area (Å²) in [6.45, 7) is 6.32. The van der Waals surface area contributed by atoms with E-state index in [1.807, 2.05) is 19.9 Å². The zero-order valence-electron chi connectivity index (χ0n) is 15.8. The third-order valence-electron chi connectivity index (χ3n) is 4.97. The van der Waals surface area contributed by atoms with Crippen molar-refractivity contribution in [3.8, 4) is 5.82 Å². The van der Waals surface area contributed by atoms with Gasteiger partial charge in [0, 0.05) is 30.8 Å². The van der Waals surface area contributed by atoms with Gasteiger partial charge >= 0.3 is 0 Å². The Morgan fingerprint density at radius 3 is 2.41 bits per heavy atom. The first-order valence-electron chi connectivity index (χ1n) is 8.99. The van der Waals surface area contributed by atoms with Gasteiger partial charge in [-0.3, -0.25) is 14.4 Å². The lowest BCUT2D eigenvalue weighted by molar-refractivity contribution is -0.137. The lowest BCUT2D eigenvalue weighted by Crippen LogP contribution is -2.45. The van der Waals surface area contributed by atoms with Crippen molar-refractivity contribution in [3.63, 3.8) is 0 Å². The molecule has 2 aromatic heterocycles. The van der Waals surface area contributed by atoms with Crippen LogP contribution in [0.3, 0.4) is 0 Å². The first-order valence-corrected chi connectivity index (χ1v) is 8.99. The molecule has 0 bridgehead atoms. The third kappa shape index (κ3) is 3.76. The fourth-order valence-corrected chi connectivity index (χ4v) is 3.42. The molecule has 1 unspecified atom stereocenters. The summed E-state index contributed by atoms with van der Waals surface area (Å²) in [5, 5.41) is 8.73. The summed E-state index contributed by atoms with van der Waals surface area (Å²) in [7, 11) is 0. The molecule has 27 heavy (non-hydrogen) atoms. The van der Waals surface area contributed by atoms with Crippen molar-refractivity contribution in [2.75, 3.05) is 13.1 Å². The number of piperidine rings is 1. The van der Waals surface area contributed by atoms with Crippen molar-refractivity contribution in [1.29, 1.82) is 0 Å². The Bertz CT molecular complexity index is 923. The van der Waals surface area contributed by atoms with Gasteiger partial charge in [0.2, 0.25) is 11.8 Å². The largest absolute Gasteiger partial charge is 0.369 e. The highest BCUT2D eigenvalue weighted by Crippen LogP contribution is 2.19. The van der Waals surface area contributed by atoms with Crippen LogP contribution in [0.2, 0.25) is 0 Å². The second kappa shape index (κ2) is 7.34. The number of primary amides is 1. The van der Waals surface area contributed by atoms with Crippen LogP contribution < -0.4 is 11.3 Å². The lowest BCUT2D eigenvalue weighted by atomic mass is 9.96. The highest BCUT2D eigenvalue weighted by molar-refractivity contribution is 5.81. The number of aryl methyl sites for hydroxylation is 2. The van der Waals surface area contributed by atoms with Gasteiger partial charge < -0.3 is 10.6 Å². The molecule has 1 aliphatic heterocycles. The topological polar surface area (TPSA) is 116 Å². The second-order valence-electron chi connectivity index (χ2n) is 6.99. The van der Waals surface area contributed by atoms with Gasteiger partial charge in [0.05, 0.1) is 5.69 Å². The van der Waals surface area contributed by atoms with E-state index in [4.69, 9.17) is 5.73 Å². The van der Waals surface area contributed by atoms with Gasteiger partial charge in [-0.2, -0.15) is 5.10 Å². The Balaban J connectivity index is 1.82. The molecule has 9 heteroatoms. The van der Waals surface area contributed by atoms with Gasteiger partial charge in [0.25, 0.3) is 5.56 Å². The minimum atomic E-state index is -0.750. The van der Waals surface area contributed by atoms with E-state index in [-0.39, 0.29) is 23.3 Å². The maximum absolute atomic E-state index is 12.8. The van der Waals surface area contributed by atoms with Gasteiger partial charge in [-0.25, -0.2) is 9.36 Å². The molecule has 3 heterocycles. The fraction of sp³-hybridized carbons (Fsp3) is 0.500. The molecule has 1 aliphatic rings. The average molecular weight is 372 g/mol. The first-order chi connectivity index (χ1) is 12.8. The quantitative estimate of drug-likeness (QED) is 0.830. The summed E-state index contributed by atoms with van der Waals surface area (Å²) in [5.41, 5.74) is 6.71. The Labute approximate surface area is 156 Å². The van der Waals surface area contributed by atoms with E-state index in [9.17, 15) is 14.4 Å². The van der Waals surface area contributed by atoms with Gasteiger partial charge in [0.15, 0.2) is 5.82 Å². The molecule has 0 radical (unpaired) electrons. The molecule has 0 spiro atoms. The highest BCUT2D eigenvalue weighted by atomic mass is 16.2. The second-order valence-corrected chi connectivity index (χ2v) is 6.99. The Hall–Kier alpha value is -2.97. The SMILES string of the molecule is Cc1cc(C)n(-c2ccc(=O)n(C(C)C(=O)N3CCC(C(N)=O)CC3)n2)n1. The number of rotatable bonds is 4. The molecule has 3 rings (SSSR count). The molecule has 0 aromatic carbocycles. The number of carbonyl (C=O) groups is 2. The number of nitrogens with zero attached hydrogens (tertiary/aromatic N) is 5. The van der Waals surface area contributed by atoms with Gasteiger partial charge in [-0.05, 0) is 45.7 Å². The van der Waals surface area contributed by atoms with Crippen LogP contribution in [0.25, 0.3) is 5.82 Å². The van der Waals surface area contributed by atoms with E-state index >= 15 is 0 Å². The van der Waals surface area contributed by atoms with E-state index in [0.717, 1.165) is 11.4 Å². The van der Waals surface area contributed by atoms with Crippen molar-refractivity contribution in [2.24, 2.45) is 11.7 Å². The minimum absolute atomic E-state index is 0.195. The molecule has 1 fully saturated rings. The predicted molar refractivity (Wildman–Crippen MR) is 98.3 cm³/mol. The molecule has 0 aliphatic carbocycles. The molecule has 1 saturated heterocycles. The van der Waals surface area contributed by atoms with E-state index in [1.165, 1.54) is 10.7 Å². The van der Waals surface area contributed by atoms with Gasteiger partial charge in [0.1, 0.15) is 6.04 Å². The first kappa shape index (κ1) is 18.8. The van der Waals surface area contributed by atoms with E-state index in [1.54, 1.807) is 22.6 Å². The van der Waals surface area contributed by atoms with Crippen LogP contribution in [0.4, 0.5) is 0 Å². The van der Waals surface area contributed by atoms with Crippen molar-refractivity contribution in [1.82, 2.24) is 24.5 Å². The molecule has 9 nitrogen and oxygen atoms in total. The number of aromatic nitrogens is 4. The number of likely N-dealkylation sites (tertiary alicyclic amines) is 1. The summed E-state index contributed by atoms with van der Waals surface area (Å²) in [6, 6.07) is 4.14. The van der Waals surface area contributed by atoms with Crippen molar-refractivity contribution in [2.45, 2.75) is 39.7 Å². The van der Waals surface area contributed by atoms with Crippen LogP contribution >= 0.6 is 0 Å². The van der Waals surface area contributed by atoms with Crippen LogP contribution in [0.1, 0.15) is 37.2 Å². The standard InChI is InChI=1S/C18H24N6O3/c1-11-10-12(2)23(20-11)15-4-5-16(25)24(21-15)13(3)18(27)22-8-6-14(7-9-22)17(19)26/h4-5,10,13-14H,6-9H2,1-3H3,(H2,19,26). The maximum Gasteiger partial charge on any atom is 0.267 e. The summed E-state index contributed by atoms with van der Waals surface area (Å²) >= 11 is 0. The van der Waals surface area contributed by atoms with E-state index < -0.39 is 6.04 Å². The van der Waals surface area contributed by atoms with Crippen LogP contribution in [0.5, 0.6) is 0 Å². The van der Waals surface area contributed by atoms with Crippen LogP contribution in [0, 0.1) is 19.8 Å². The molecule has 144 valence electrons. The normalized spacial score (nSPS) is 16.3. The highest BCUT2D eigenvalue weighted by Gasteiger charge is 2.29. The van der Waals surface area contributed by atoms with Crippen molar-refractivity contribution >= 4 is 11.8 Å². The van der Waals surface area contributed by atoms with Gasteiger partial charge in [-0.15, -0.1) is 5.10 Å². The number of nitrogens with two attached hydrogens (primary N) is 1. The Morgan fingerprint density at radius 1 is 1.19 bits per heavy atom. The van der Waals surface area contributed by atoms with E-state index in [0.29, 0.717) is 31.7 Å². The lowest BCUT2D eigenvalue weighted by Gasteiger charge is -2.32. The summed E-state index contributed by atoms with van der Waals surface area (Å²) in [4.78, 5) is 38.1. The Morgan fingerprint density at radius 2 is 1.85 bits per heavy atom. The molecular formula is C18H24N6O3. The minimum Gasteiger partial charge on any atom is -0.369 e. The van der Waals surface area contributed by atoms with Gasteiger partial charge in [-0.1, -0.05) is 0 Å². The molecule has 0 saturated carbocycles. The smallest absolute Gasteiger partial charge is 0.267 e. The average Bonchev–Trinajstić information content (AvgIpc) is 2.99. The molecule has 1 atom stereocenters. The zero-order valence-corrected chi connectivity index (χ0v) is 15.8. The fourth-order valence-electron chi connectivity index (χ4n) is 3.42. The monoisotopic (exact) mass is 372 g/mol. The van der Waals surface area contributed by atoms with Crippen LogP contribution in [-0.4, -0.2) is 49.4 Å². The summed E-state index contributed by atoms with van der Waals surface area (Å²) in [5.74, 6) is -0.240. The van der Waals surface area contributed by atoms with Crippen LogP contribution in [-0.2, 0) is 9.59 Å². The number of amides is 2. The Kier molecular flexibility index (Phi) is 5.11. The molecule has 2 N–H and O–H groups in total. The number of hydrogen-bond donors (Lipinski definition) is 1. The zero-order chi connectivity index (χ0) is 19.7. The van der Waals surface area contributed by atoms with Crippen molar-refractivity contribution in [3.05, 3.63) is 39.9 Å². The molecular weight excluding hydrogens is 348 g/mol.